The fourth-order valence-corrected chi connectivity index (χ4v) is 4.81. The van der Waals surface area contributed by atoms with Gasteiger partial charge < -0.3 is 34.8 Å². The molecule has 0 aliphatic rings. The van der Waals surface area contributed by atoms with Crippen LogP contribution in [0.15, 0.2) is 59.3 Å². The number of nitrogens with one attached hydrogen (secondary N) is 2. The van der Waals surface area contributed by atoms with Crippen molar-refractivity contribution >= 4 is 33.6 Å². The van der Waals surface area contributed by atoms with Crippen molar-refractivity contribution in [2.24, 2.45) is 5.92 Å². The second kappa shape index (κ2) is 9.96. The van der Waals surface area contributed by atoms with E-state index in [1.54, 1.807) is 24.4 Å². The molecule has 37 heavy (non-hydrogen) atoms. The fraction of sp³-hybridized carbons (Fsp3) is 0.214. The van der Waals surface area contributed by atoms with E-state index in [4.69, 9.17) is 4.42 Å². The van der Waals surface area contributed by atoms with E-state index < -0.39 is 29.0 Å². The number of hydrogen-bond acceptors (Lipinski definition) is 6. The highest BCUT2D eigenvalue weighted by Gasteiger charge is 2.32. The lowest BCUT2D eigenvalue weighted by atomic mass is 9.98. The van der Waals surface area contributed by atoms with E-state index in [1.165, 1.54) is 6.20 Å². The van der Waals surface area contributed by atoms with Crippen molar-refractivity contribution in [2.75, 3.05) is 13.2 Å². The number of aromatic hydroxyl groups is 1. The molecule has 3 aromatic heterocycles. The molecule has 0 radical (unpaired) electrons. The van der Waals surface area contributed by atoms with Crippen molar-refractivity contribution in [3.8, 4) is 16.9 Å². The third-order valence-electron chi connectivity index (χ3n) is 6.76. The number of aliphatic hydroxyl groups is 2. The van der Waals surface area contributed by atoms with Gasteiger partial charge in [-0.05, 0) is 30.9 Å². The number of aliphatic hydroxyl groups excluding tert-OH is 2. The largest absolute Gasteiger partial charge is 0.504 e. The number of fused-ring (bicyclic) bond motifs is 2. The molecule has 6 N–H and O–H groups in total. The van der Waals surface area contributed by atoms with Crippen LogP contribution in [0.3, 0.4) is 0 Å². The van der Waals surface area contributed by atoms with Crippen LogP contribution >= 0.6 is 0 Å². The number of carbonyl (C=O) groups excluding carboxylic acids is 1. The molecule has 0 saturated heterocycles. The van der Waals surface area contributed by atoms with Crippen LogP contribution in [0.2, 0.25) is 0 Å². The van der Waals surface area contributed by atoms with Gasteiger partial charge in [0.25, 0.3) is 0 Å². The van der Waals surface area contributed by atoms with E-state index in [9.17, 15) is 30.0 Å². The highest BCUT2D eigenvalue weighted by atomic mass is 16.4. The molecular weight excluding hydrogens is 476 g/mol. The number of carboxylic acids is 1. The lowest BCUT2D eigenvalue weighted by Gasteiger charge is -2.10. The number of aromatic carboxylic acids is 1. The fourth-order valence-electron chi connectivity index (χ4n) is 4.81. The number of rotatable bonds is 10. The Morgan fingerprint density at radius 1 is 0.919 bits per heavy atom. The van der Waals surface area contributed by atoms with Gasteiger partial charge in [-0.15, -0.1) is 0 Å². The average Bonchev–Trinajstić information content (AvgIpc) is 3.61. The molecule has 9 heteroatoms. The van der Waals surface area contributed by atoms with Gasteiger partial charge in [0.05, 0.1) is 11.1 Å². The van der Waals surface area contributed by atoms with E-state index >= 15 is 0 Å². The molecule has 0 aliphatic heterocycles. The summed E-state index contributed by atoms with van der Waals surface area (Å²) in [5, 5.41) is 40.7. The summed E-state index contributed by atoms with van der Waals surface area (Å²) in [5.74, 6) is -3.71. The number of ketones is 1. The first-order valence-electron chi connectivity index (χ1n) is 12.0. The molecule has 5 rings (SSSR count). The Bertz CT molecular complexity index is 1600. The summed E-state index contributed by atoms with van der Waals surface area (Å²) >= 11 is 0. The Morgan fingerprint density at radius 2 is 1.68 bits per heavy atom. The summed E-state index contributed by atoms with van der Waals surface area (Å²) in [6.45, 7) is -0.152. The summed E-state index contributed by atoms with van der Waals surface area (Å²) in [6.07, 6.45) is 5.16. The molecule has 0 fully saturated rings. The first-order chi connectivity index (χ1) is 17.9. The Morgan fingerprint density at radius 3 is 2.43 bits per heavy atom. The van der Waals surface area contributed by atoms with Crippen molar-refractivity contribution in [3.63, 3.8) is 0 Å². The van der Waals surface area contributed by atoms with Gasteiger partial charge in [0.1, 0.15) is 0 Å². The number of aromatic amines is 2. The minimum absolute atomic E-state index is 0.0591. The summed E-state index contributed by atoms with van der Waals surface area (Å²) < 4.78 is 5.49. The Hall–Kier alpha value is -4.34. The standard InChI is InChI=1S/C28H26N2O7/c31-13-15(14-32)5-3-6-16-7-4-9-18-20(12-30-23(16)18)24(33)27-25(34)22(26(37-27)28(35)36)19-11-29-21-10-2-1-8-17(19)21/h1-2,4,7-12,15,29-32,34H,3,5-6,13-14H2,(H,35,36). The zero-order chi connectivity index (χ0) is 26.1. The Balaban J connectivity index is 1.52. The lowest BCUT2D eigenvalue weighted by molar-refractivity contribution is 0.0661. The molecule has 190 valence electrons. The third-order valence-corrected chi connectivity index (χ3v) is 6.76. The van der Waals surface area contributed by atoms with Crippen LogP contribution < -0.4 is 0 Å². The highest BCUT2D eigenvalue weighted by molar-refractivity contribution is 6.18. The van der Waals surface area contributed by atoms with Gasteiger partial charge in [-0.1, -0.05) is 36.4 Å². The number of furan rings is 1. The number of para-hydroxylation sites is 2. The Kier molecular flexibility index (Phi) is 6.56. The highest BCUT2D eigenvalue weighted by Crippen LogP contribution is 2.42. The minimum Gasteiger partial charge on any atom is -0.504 e. The van der Waals surface area contributed by atoms with Crippen molar-refractivity contribution in [3.05, 3.63) is 77.5 Å². The summed E-state index contributed by atoms with van der Waals surface area (Å²) in [7, 11) is 0. The third kappa shape index (κ3) is 4.28. The van der Waals surface area contributed by atoms with Gasteiger partial charge in [-0.3, -0.25) is 4.79 Å². The van der Waals surface area contributed by atoms with E-state index in [0.717, 1.165) is 23.0 Å². The Labute approximate surface area is 211 Å². The average molecular weight is 503 g/mol. The van der Waals surface area contributed by atoms with Crippen LogP contribution in [-0.4, -0.2) is 55.4 Å². The molecule has 0 aliphatic carbocycles. The topological polar surface area (TPSA) is 160 Å². The van der Waals surface area contributed by atoms with Crippen molar-refractivity contribution in [1.29, 1.82) is 0 Å². The molecule has 0 unspecified atom stereocenters. The zero-order valence-corrected chi connectivity index (χ0v) is 19.8. The number of H-pyrrole nitrogens is 2. The molecule has 9 nitrogen and oxygen atoms in total. The number of benzene rings is 2. The molecule has 0 saturated carbocycles. The monoisotopic (exact) mass is 502 g/mol. The van der Waals surface area contributed by atoms with E-state index in [-0.39, 0.29) is 30.3 Å². The molecule has 0 atom stereocenters. The maximum Gasteiger partial charge on any atom is 0.372 e. The molecule has 0 bridgehead atoms. The van der Waals surface area contributed by atoms with Gasteiger partial charge in [0.2, 0.25) is 17.3 Å². The molecule has 0 spiro atoms. The number of carboxylic acid groups (broad SMARTS) is 1. The van der Waals surface area contributed by atoms with Crippen LogP contribution in [-0.2, 0) is 6.42 Å². The van der Waals surface area contributed by atoms with Crippen molar-refractivity contribution < 1.29 is 34.4 Å². The molecule has 3 heterocycles. The molecule has 2 aromatic carbocycles. The van der Waals surface area contributed by atoms with Gasteiger partial charge in [-0.2, -0.15) is 0 Å². The minimum atomic E-state index is -1.40. The quantitative estimate of drug-likeness (QED) is 0.154. The van der Waals surface area contributed by atoms with E-state index in [0.29, 0.717) is 29.2 Å². The van der Waals surface area contributed by atoms with Gasteiger partial charge in [-0.25, -0.2) is 4.79 Å². The molecule has 0 amide bonds. The first-order valence-corrected chi connectivity index (χ1v) is 12.0. The second-order valence-electron chi connectivity index (χ2n) is 9.03. The first kappa shape index (κ1) is 24.4. The summed E-state index contributed by atoms with van der Waals surface area (Å²) in [6, 6.07) is 12.7. The summed E-state index contributed by atoms with van der Waals surface area (Å²) in [5.41, 5.74) is 3.05. The van der Waals surface area contributed by atoms with Crippen LogP contribution in [0.25, 0.3) is 32.9 Å². The number of aromatic nitrogens is 2. The number of hydrogen-bond donors (Lipinski definition) is 6. The van der Waals surface area contributed by atoms with E-state index in [2.05, 4.69) is 9.97 Å². The SMILES string of the molecule is O=C(O)c1oc(C(=O)c2c[nH]c3c(CCCC(CO)CO)cccc23)c(O)c1-c1c[nH]c2ccccc12. The maximum absolute atomic E-state index is 13.5. The van der Waals surface area contributed by atoms with Crippen LogP contribution in [0, 0.1) is 5.92 Å². The predicted molar refractivity (Wildman–Crippen MR) is 137 cm³/mol. The van der Waals surface area contributed by atoms with E-state index in [1.807, 2.05) is 24.3 Å². The van der Waals surface area contributed by atoms with Gasteiger partial charge in [0.15, 0.2) is 5.75 Å². The van der Waals surface area contributed by atoms with Crippen LogP contribution in [0.1, 0.15) is 45.1 Å². The number of carbonyl (C=O) groups is 2. The molecule has 5 aromatic rings. The zero-order valence-electron chi connectivity index (χ0n) is 19.8. The smallest absolute Gasteiger partial charge is 0.372 e. The maximum atomic E-state index is 13.5. The summed E-state index contributed by atoms with van der Waals surface area (Å²) in [4.78, 5) is 31.7. The van der Waals surface area contributed by atoms with Crippen LogP contribution in [0.4, 0.5) is 0 Å². The van der Waals surface area contributed by atoms with Crippen molar-refractivity contribution in [2.45, 2.75) is 19.3 Å². The normalized spacial score (nSPS) is 11.6. The second-order valence-corrected chi connectivity index (χ2v) is 9.03. The predicted octanol–water partition coefficient (Wildman–Crippen LogP) is 4.47. The van der Waals surface area contributed by atoms with Crippen LogP contribution in [0.5, 0.6) is 5.75 Å². The van der Waals surface area contributed by atoms with Gasteiger partial charge >= 0.3 is 5.97 Å². The number of aryl methyl sites for hydroxylation is 1. The lowest BCUT2D eigenvalue weighted by Crippen LogP contribution is -2.11. The van der Waals surface area contributed by atoms with Crippen molar-refractivity contribution in [1.82, 2.24) is 9.97 Å². The molecular formula is C28H26N2O7. The van der Waals surface area contributed by atoms with Gasteiger partial charge in [0, 0.05) is 58.9 Å².